The maximum absolute atomic E-state index is 12.2. The van der Waals surface area contributed by atoms with Crippen molar-refractivity contribution in [2.75, 3.05) is 32.7 Å². The van der Waals surface area contributed by atoms with Crippen LogP contribution in [0.4, 0.5) is 4.79 Å². The summed E-state index contributed by atoms with van der Waals surface area (Å²) in [6, 6.07) is -0.946. The van der Waals surface area contributed by atoms with E-state index < -0.39 is 12.0 Å². The van der Waals surface area contributed by atoms with E-state index in [4.69, 9.17) is 0 Å². The van der Waals surface area contributed by atoms with E-state index in [2.05, 4.69) is 24.1 Å². The molecule has 2 amide bonds. The van der Waals surface area contributed by atoms with E-state index in [1.807, 2.05) is 6.92 Å². The van der Waals surface area contributed by atoms with E-state index in [1.165, 1.54) is 4.90 Å². The van der Waals surface area contributed by atoms with Crippen molar-refractivity contribution in [3.8, 4) is 0 Å². The van der Waals surface area contributed by atoms with E-state index >= 15 is 0 Å². The third-order valence-corrected chi connectivity index (χ3v) is 4.14. The molecule has 122 valence electrons. The molecular formula is C15H29N3O3. The fourth-order valence-corrected chi connectivity index (χ4v) is 2.96. The van der Waals surface area contributed by atoms with Crippen LogP contribution in [0.2, 0.25) is 0 Å². The van der Waals surface area contributed by atoms with Crippen LogP contribution in [-0.4, -0.2) is 65.7 Å². The van der Waals surface area contributed by atoms with E-state index in [9.17, 15) is 14.7 Å². The van der Waals surface area contributed by atoms with Gasteiger partial charge < -0.3 is 20.2 Å². The van der Waals surface area contributed by atoms with Gasteiger partial charge in [0.15, 0.2) is 0 Å². The molecule has 21 heavy (non-hydrogen) atoms. The Hall–Kier alpha value is -1.30. The van der Waals surface area contributed by atoms with Crippen LogP contribution in [0.3, 0.4) is 0 Å². The first-order valence-corrected chi connectivity index (χ1v) is 8.00. The van der Waals surface area contributed by atoms with Gasteiger partial charge in [-0.3, -0.25) is 0 Å². The summed E-state index contributed by atoms with van der Waals surface area (Å²) in [5, 5.41) is 12.2. The summed E-state index contributed by atoms with van der Waals surface area (Å²) in [4.78, 5) is 27.3. The molecule has 0 radical (unpaired) electrons. The first-order valence-electron chi connectivity index (χ1n) is 8.00. The van der Waals surface area contributed by atoms with Crippen molar-refractivity contribution >= 4 is 12.0 Å². The zero-order valence-electron chi connectivity index (χ0n) is 13.5. The summed E-state index contributed by atoms with van der Waals surface area (Å²) in [6.45, 7) is 10.0. The predicted molar refractivity (Wildman–Crippen MR) is 82.3 cm³/mol. The van der Waals surface area contributed by atoms with Crippen LogP contribution in [0.15, 0.2) is 0 Å². The highest BCUT2D eigenvalue weighted by Crippen LogP contribution is 2.23. The van der Waals surface area contributed by atoms with Crippen LogP contribution in [0.1, 0.15) is 40.0 Å². The molecule has 6 heteroatoms. The van der Waals surface area contributed by atoms with Gasteiger partial charge in [0, 0.05) is 19.6 Å². The van der Waals surface area contributed by atoms with Crippen molar-refractivity contribution in [1.82, 2.24) is 15.1 Å². The van der Waals surface area contributed by atoms with Gasteiger partial charge in [0.05, 0.1) is 0 Å². The Morgan fingerprint density at radius 2 is 2.05 bits per heavy atom. The SMILES string of the molecule is CCCN(CC)CCNC(=O)N1CCCC(C)C1C(=O)O. The molecule has 2 atom stereocenters. The second-order valence-electron chi connectivity index (χ2n) is 5.76. The average Bonchev–Trinajstić information content (AvgIpc) is 2.45. The zero-order chi connectivity index (χ0) is 15.8. The smallest absolute Gasteiger partial charge is 0.326 e. The summed E-state index contributed by atoms with van der Waals surface area (Å²) in [7, 11) is 0. The molecule has 1 heterocycles. The number of likely N-dealkylation sites (N-methyl/N-ethyl adjacent to an activating group) is 1. The Kier molecular flexibility index (Phi) is 7.50. The van der Waals surface area contributed by atoms with Gasteiger partial charge in [-0.2, -0.15) is 0 Å². The van der Waals surface area contributed by atoms with Crippen LogP contribution in [0.25, 0.3) is 0 Å². The van der Waals surface area contributed by atoms with E-state index in [-0.39, 0.29) is 11.9 Å². The molecule has 6 nitrogen and oxygen atoms in total. The Morgan fingerprint density at radius 3 is 2.62 bits per heavy atom. The summed E-state index contributed by atoms with van der Waals surface area (Å²) >= 11 is 0. The number of amides is 2. The van der Waals surface area contributed by atoms with Crippen LogP contribution in [-0.2, 0) is 4.79 Å². The molecule has 0 bridgehead atoms. The van der Waals surface area contributed by atoms with Crippen molar-refractivity contribution in [2.45, 2.75) is 46.1 Å². The molecule has 0 saturated carbocycles. The second kappa shape index (κ2) is 8.87. The number of urea groups is 1. The number of aliphatic carboxylic acids is 1. The van der Waals surface area contributed by atoms with Gasteiger partial charge in [-0.25, -0.2) is 9.59 Å². The molecule has 1 rings (SSSR count). The van der Waals surface area contributed by atoms with Gasteiger partial charge in [0.25, 0.3) is 0 Å². The number of nitrogens with one attached hydrogen (secondary N) is 1. The van der Waals surface area contributed by atoms with Gasteiger partial charge >= 0.3 is 12.0 Å². The summed E-state index contributed by atoms with van der Waals surface area (Å²) in [6.07, 6.45) is 2.82. The topological polar surface area (TPSA) is 72.9 Å². The molecule has 0 spiro atoms. The van der Waals surface area contributed by atoms with Crippen LogP contribution < -0.4 is 5.32 Å². The monoisotopic (exact) mass is 299 g/mol. The highest BCUT2D eigenvalue weighted by atomic mass is 16.4. The Balaban J connectivity index is 2.47. The number of carbonyl (C=O) groups excluding carboxylic acids is 1. The quantitative estimate of drug-likeness (QED) is 0.749. The Bertz CT molecular complexity index is 349. The fraction of sp³-hybridized carbons (Fsp3) is 0.867. The lowest BCUT2D eigenvalue weighted by molar-refractivity contribution is -0.145. The maximum Gasteiger partial charge on any atom is 0.326 e. The number of carbonyl (C=O) groups is 2. The molecule has 2 N–H and O–H groups in total. The van der Waals surface area contributed by atoms with E-state index in [1.54, 1.807) is 0 Å². The Labute approximate surface area is 127 Å². The minimum Gasteiger partial charge on any atom is -0.480 e. The summed E-state index contributed by atoms with van der Waals surface area (Å²) in [5.41, 5.74) is 0. The second-order valence-corrected chi connectivity index (χ2v) is 5.76. The van der Waals surface area contributed by atoms with E-state index in [0.717, 1.165) is 38.9 Å². The number of carboxylic acids is 1. The summed E-state index contributed by atoms with van der Waals surface area (Å²) in [5.74, 6) is -0.896. The third kappa shape index (κ3) is 5.19. The fourth-order valence-electron chi connectivity index (χ4n) is 2.96. The first-order chi connectivity index (χ1) is 10.0. The minimum absolute atomic E-state index is 0.00855. The lowest BCUT2D eigenvalue weighted by Gasteiger charge is -2.37. The highest BCUT2D eigenvalue weighted by molar-refractivity contribution is 5.83. The molecule has 1 saturated heterocycles. The van der Waals surface area contributed by atoms with E-state index in [0.29, 0.717) is 13.1 Å². The van der Waals surface area contributed by atoms with Crippen LogP contribution in [0.5, 0.6) is 0 Å². The minimum atomic E-state index is -0.904. The van der Waals surface area contributed by atoms with Gasteiger partial charge in [0.1, 0.15) is 6.04 Å². The van der Waals surface area contributed by atoms with Gasteiger partial charge in [-0.05, 0) is 38.3 Å². The van der Waals surface area contributed by atoms with Gasteiger partial charge in [-0.1, -0.05) is 20.8 Å². The van der Waals surface area contributed by atoms with Crippen LogP contribution >= 0.6 is 0 Å². The van der Waals surface area contributed by atoms with Gasteiger partial charge in [-0.15, -0.1) is 0 Å². The Morgan fingerprint density at radius 1 is 1.33 bits per heavy atom. The molecule has 1 aliphatic rings. The molecule has 0 aromatic carbocycles. The molecule has 0 aromatic rings. The average molecular weight is 299 g/mol. The number of hydrogen-bond donors (Lipinski definition) is 2. The standard InChI is InChI=1S/C15H29N3O3/c1-4-9-17(5-2)11-8-16-15(21)18-10-6-7-12(3)13(18)14(19)20/h12-13H,4-11H2,1-3H3,(H,16,21)(H,19,20). The number of nitrogens with zero attached hydrogens (tertiary/aromatic N) is 2. The van der Waals surface area contributed by atoms with Crippen molar-refractivity contribution in [3.63, 3.8) is 0 Å². The molecule has 1 aliphatic heterocycles. The van der Waals surface area contributed by atoms with Gasteiger partial charge in [0.2, 0.25) is 0 Å². The van der Waals surface area contributed by atoms with Crippen LogP contribution in [0, 0.1) is 5.92 Å². The molecule has 0 aromatic heterocycles. The number of piperidine rings is 1. The lowest BCUT2D eigenvalue weighted by atomic mass is 9.91. The molecular weight excluding hydrogens is 270 g/mol. The number of rotatable bonds is 7. The number of hydrogen-bond acceptors (Lipinski definition) is 3. The maximum atomic E-state index is 12.2. The largest absolute Gasteiger partial charge is 0.480 e. The lowest BCUT2D eigenvalue weighted by Crippen LogP contribution is -2.55. The predicted octanol–water partition coefficient (Wildman–Crippen LogP) is 1.61. The van der Waals surface area contributed by atoms with Crippen molar-refractivity contribution in [2.24, 2.45) is 5.92 Å². The van der Waals surface area contributed by atoms with Crippen molar-refractivity contribution in [1.29, 1.82) is 0 Å². The third-order valence-electron chi connectivity index (χ3n) is 4.14. The molecule has 2 unspecified atom stereocenters. The van der Waals surface area contributed by atoms with Crippen molar-refractivity contribution < 1.29 is 14.7 Å². The van der Waals surface area contributed by atoms with Crippen molar-refractivity contribution in [3.05, 3.63) is 0 Å². The summed E-state index contributed by atoms with van der Waals surface area (Å²) < 4.78 is 0. The number of carboxylic acid groups (broad SMARTS) is 1. The normalized spacial score (nSPS) is 22.4. The molecule has 1 fully saturated rings. The molecule has 0 aliphatic carbocycles. The zero-order valence-corrected chi connectivity index (χ0v) is 13.5. The number of likely N-dealkylation sites (tertiary alicyclic amines) is 1. The first kappa shape index (κ1) is 17.8. The highest BCUT2D eigenvalue weighted by Gasteiger charge is 2.36.